The predicted molar refractivity (Wildman–Crippen MR) is 83.7 cm³/mol. The first-order chi connectivity index (χ1) is 10.1. The summed E-state index contributed by atoms with van der Waals surface area (Å²) in [7, 11) is -3.63. The first-order valence-corrected chi connectivity index (χ1v) is 9.25. The summed E-state index contributed by atoms with van der Waals surface area (Å²) in [4.78, 5) is 4.23. The maximum absolute atomic E-state index is 13.0. The van der Waals surface area contributed by atoms with Crippen LogP contribution in [0.4, 0.5) is 5.82 Å². The van der Waals surface area contributed by atoms with Crippen LogP contribution >= 0.6 is 11.8 Å². The van der Waals surface area contributed by atoms with Crippen molar-refractivity contribution in [1.82, 2.24) is 13.7 Å². The van der Waals surface area contributed by atoms with Crippen molar-refractivity contribution in [3.63, 3.8) is 0 Å². The summed E-state index contributed by atoms with van der Waals surface area (Å²) in [6, 6.07) is 5.33. The van der Waals surface area contributed by atoms with Crippen molar-refractivity contribution in [2.75, 3.05) is 30.0 Å². The van der Waals surface area contributed by atoms with Crippen molar-refractivity contribution in [3.8, 4) is 0 Å². The van der Waals surface area contributed by atoms with Crippen LogP contribution in [0.15, 0.2) is 29.4 Å². The molecule has 2 aromatic rings. The van der Waals surface area contributed by atoms with E-state index in [-0.39, 0.29) is 10.8 Å². The molecule has 1 fully saturated rings. The van der Waals surface area contributed by atoms with Gasteiger partial charge in [-0.05, 0) is 24.3 Å². The molecule has 1 aliphatic heterocycles. The van der Waals surface area contributed by atoms with E-state index in [1.54, 1.807) is 34.5 Å². The molecule has 0 aliphatic carbocycles. The number of imidazole rings is 1. The highest BCUT2D eigenvalue weighted by Gasteiger charge is 2.31. The molecule has 0 aromatic carbocycles. The Bertz CT molecular complexity index is 735. The molecule has 0 spiro atoms. The van der Waals surface area contributed by atoms with Crippen LogP contribution < -0.4 is 11.3 Å². The van der Waals surface area contributed by atoms with Gasteiger partial charge in [-0.15, -0.1) is 0 Å². The molecule has 0 saturated carbocycles. The van der Waals surface area contributed by atoms with Crippen molar-refractivity contribution in [2.45, 2.75) is 11.4 Å². The van der Waals surface area contributed by atoms with Gasteiger partial charge in [0.2, 0.25) is 5.03 Å². The molecule has 0 bridgehead atoms. The van der Waals surface area contributed by atoms with E-state index in [1.165, 1.54) is 4.31 Å². The number of nitrogens with zero attached hydrogens (tertiary/aromatic N) is 3. The molecule has 0 unspecified atom stereocenters. The van der Waals surface area contributed by atoms with Crippen LogP contribution in [0.5, 0.6) is 0 Å². The van der Waals surface area contributed by atoms with Crippen molar-refractivity contribution in [2.24, 2.45) is 5.84 Å². The van der Waals surface area contributed by atoms with E-state index < -0.39 is 10.0 Å². The number of nitrogens with one attached hydrogen (secondary N) is 1. The number of hydrogen-bond acceptors (Lipinski definition) is 6. The van der Waals surface area contributed by atoms with Gasteiger partial charge in [0.1, 0.15) is 5.65 Å². The van der Waals surface area contributed by atoms with Crippen LogP contribution in [0.3, 0.4) is 0 Å². The summed E-state index contributed by atoms with van der Waals surface area (Å²) in [5.74, 6) is 7.43. The van der Waals surface area contributed by atoms with Gasteiger partial charge in [-0.2, -0.15) is 16.1 Å². The third-order valence-electron chi connectivity index (χ3n) is 3.39. The molecule has 0 amide bonds. The zero-order chi connectivity index (χ0) is 14.9. The van der Waals surface area contributed by atoms with Gasteiger partial charge < -0.3 is 5.43 Å². The maximum atomic E-state index is 13.0. The van der Waals surface area contributed by atoms with Gasteiger partial charge in [0.15, 0.2) is 5.82 Å². The summed E-state index contributed by atoms with van der Waals surface area (Å²) in [6.07, 6.45) is 2.54. The van der Waals surface area contributed by atoms with E-state index in [0.717, 1.165) is 17.9 Å². The maximum Gasteiger partial charge on any atom is 0.262 e. The Morgan fingerprint density at radius 3 is 2.95 bits per heavy atom. The minimum absolute atomic E-state index is 0.104. The van der Waals surface area contributed by atoms with Gasteiger partial charge in [-0.3, -0.25) is 4.40 Å². The van der Waals surface area contributed by atoms with Crippen LogP contribution in [-0.2, 0) is 10.0 Å². The third-order valence-corrected chi connectivity index (χ3v) is 6.36. The molecule has 0 atom stereocenters. The lowest BCUT2D eigenvalue weighted by molar-refractivity contribution is 0.432. The van der Waals surface area contributed by atoms with Crippen LogP contribution in [0, 0.1) is 0 Å². The molecule has 1 saturated heterocycles. The number of rotatable bonds is 3. The Morgan fingerprint density at radius 1 is 1.29 bits per heavy atom. The standard InChI is InChI=1S/C12H17N5O2S2/c13-15-11-12(17-6-2-1-4-10(17)14-11)21(18,19)16-5-3-8-20-9-7-16/h1-2,4,6,15H,3,5,7-9,13H2. The second-order valence-electron chi connectivity index (χ2n) is 4.71. The molecule has 0 radical (unpaired) electrons. The van der Waals surface area contributed by atoms with Crippen LogP contribution in [-0.4, -0.2) is 46.7 Å². The van der Waals surface area contributed by atoms with Gasteiger partial charge >= 0.3 is 0 Å². The van der Waals surface area contributed by atoms with E-state index in [4.69, 9.17) is 5.84 Å². The molecule has 114 valence electrons. The highest BCUT2D eigenvalue weighted by Crippen LogP contribution is 2.26. The molecule has 1 aliphatic rings. The molecular weight excluding hydrogens is 310 g/mol. The number of nitrogens with two attached hydrogens (primary N) is 1. The van der Waals surface area contributed by atoms with E-state index >= 15 is 0 Å². The van der Waals surface area contributed by atoms with Gasteiger partial charge in [0, 0.05) is 25.0 Å². The number of anilines is 1. The SMILES string of the molecule is NNc1nc2ccccn2c1S(=O)(=O)N1CCCSCC1. The fraction of sp³-hybridized carbons (Fsp3) is 0.417. The average Bonchev–Trinajstić information content (AvgIpc) is 2.66. The molecule has 2 aromatic heterocycles. The normalized spacial score (nSPS) is 17.8. The summed E-state index contributed by atoms with van der Waals surface area (Å²) < 4.78 is 29.0. The summed E-state index contributed by atoms with van der Waals surface area (Å²) in [5.41, 5.74) is 2.95. The smallest absolute Gasteiger partial charge is 0.262 e. The van der Waals surface area contributed by atoms with E-state index in [1.807, 2.05) is 6.07 Å². The van der Waals surface area contributed by atoms with Crippen molar-refractivity contribution in [3.05, 3.63) is 24.4 Å². The van der Waals surface area contributed by atoms with Gasteiger partial charge in [0.25, 0.3) is 10.0 Å². The number of hydrazine groups is 1. The third kappa shape index (κ3) is 2.61. The van der Waals surface area contributed by atoms with Crippen molar-refractivity contribution < 1.29 is 8.42 Å². The Labute approximate surface area is 127 Å². The largest absolute Gasteiger partial charge is 0.306 e. The van der Waals surface area contributed by atoms with Gasteiger partial charge in [-0.25, -0.2) is 19.2 Å². The number of hydrogen-bond donors (Lipinski definition) is 2. The Morgan fingerprint density at radius 2 is 2.14 bits per heavy atom. The number of nitrogen functional groups attached to an aromatic ring is 1. The second-order valence-corrected chi connectivity index (χ2v) is 7.79. The number of thioether (sulfide) groups is 1. The molecular formula is C12H17N5O2S2. The molecule has 3 N–H and O–H groups in total. The number of aromatic nitrogens is 2. The summed E-state index contributed by atoms with van der Waals surface area (Å²) in [5, 5.41) is 0.104. The monoisotopic (exact) mass is 327 g/mol. The zero-order valence-electron chi connectivity index (χ0n) is 11.4. The topological polar surface area (TPSA) is 92.7 Å². The molecule has 7 nitrogen and oxygen atoms in total. The van der Waals surface area contributed by atoms with Crippen LogP contribution in [0.1, 0.15) is 6.42 Å². The Hall–Kier alpha value is -1.29. The van der Waals surface area contributed by atoms with Gasteiger partial charge in [-0.1, -0.05) is 6.07 Å². The molecule has 9 heteroatoms. The highest BCUT2D eigenvalue weighted by atomic mass is 32.2. The lowest BCUT2D eigenvalue weighted by atomic mass is 10.5. The molecule has 3 heterocycles. The first-order valence-electron chi connectivity index (χ1n) is 6.66. The van der Waals surface area contributed by atoms with E-state index in [9.17, 15) is 8.42 Å². The average molecular weight is 327 g/mol. The Kier molecular flexibility index (Phi) is 4.07. The Balaban J connectivity index is 2.13. The van der Waals surface area contributed by atoms with E-state index in [0.29, 0.717) is 18.7 Å². The fourth-order valence-electron chi connectivity index (χ4n) is 2.40. The number of pyridine rings is 1. The lowest BCUT2D eigenvalue weighted by Gasteiger charge is -2.19. The lowest BCUT2D eigenvalue weighted by Crippen LogP contribution is -2.34. The number of sulfonamides is 1. The number of fused-ring (bicyclic) bond motifs is 1. The van der Waals surface area contributed by atoms with Crippen LogP contribution in [0.25, 0.3) is 5.65 Å². The second kappa shape index (κ2) is 5.84. The molecule has 3 rings (SSSR count). The first kappa shape index (κ1) is 14.6. The summed E-state index contributed by atoms with van der Waals surface area (Å²) in [6.45, 7) is 1.04. The zero-order valence-corrected chi connectivity index (χ0v) is 13.0. The van der Waals surface area contributed by atoms with Gasteiger partial charge in [0.05, 0.1) is 0 Å². The minimum Gasteiger partial charge on any atom is -0.306 e. The minimum atomic E-state index is -3.63. The molecule has 21 heavy (non-hydrogen) atoms. The van der Waals surface area contributed by atoms with Crippen molar-refractivity contribution in [1.29, 1.82) is 0 Å². The van der Waals surface area contributed by atoms with Crippen molar-refractivity contribution >= 4 is 33.3 Å². The van der Waals surface area contributed by atoms with Crippen LogP contribution in [0.2, 0.25) is 0 Å². The predicted octanol–water partition coefficient (Wildman–Crippen LogP) is 0.748. The summed E-state index contributed by atoms with van der Waals surface area (Å²) >= 11 is 1.78. The highest BCUT2D eigenvalue weighted by molar-refractivity contribution is 7.99. The fourth-order valence-corrected chi connectivity index (χ4v) is 5.10. The van der Waals surface area contributed by atoms with E-state index in [2.05, 4.69) is 10.4 Å². The quantitative estimate of drug-likeness (QED) is 0.638.